The molecule has 0 saturated carbocycles. The number of hydrogen-bond donors (Lipinski definition) is 2. The molecule has 0 aliphatic rings. The summed E-state index contributed by atoms with van der Waals surface area (Å²) < 4.78 is 5.18. The summed E-state index contributed by atoms with van der Waals surface area (Å²) in [6.45, 7) is 7.49. The largest absolute Gasteiger partial charge is 0.508 e. The van der Waals surface area contributed by atoms with Crippen LogP contribution in [0.15, 0.2) is 18.2 Å². The van der Waals surface area contributed by atoms with Gasteiger partial charge >= 0.3 is 0 Å². The van der Waals surface area contributed by atoms with Gasteiger partial charge in [-0.05, 0) is 50.4 Å². The molecule has 1 aromatic rings. The van der Waals surface area contributed by atoms with Crippen molar-refractivity contribution >= 4 is 0 Å². The summed E-state index contributed by atoms with van der Waals surface area (Å²) in [6, 6.07) is 5.47. The molecule has 3 nitrogen and oxygen atoms in total. The zero-order valence-corrected chi connectivity index (χ0v) is 11.9. The lowest BCUT2D eigenvalue weighted by molar-refractivity contribution is 0.407. The second kappa shape index (κ2) is 7.27. The highest BCUT2D eigenvalue weighted by molar-refractivity contribution is 5.41. The van der Waals surface area contributed by atoms with E-state index in [4.69, 9.17) is 4.74 Å². The molecule has 1 unspecified atom stereocenters. The number of benzene rings is 1. The van der Waals surface area contributed by atoms with Crippen molar-refractivity contribution in [1.82, 2.24) is 5.32 Å². The fraction of sp³-hybridized carbons (Fsp3) is 0.600. The lowest BCUT2D eigenvalue weighted by Crippen LogP contribution is -2.20. The molecule has 0 saturated heterocycles. The predicted molar refractivity (Wildman–Crippen MR) is 75.1 cm³/mol. The second-order valence-corrected chi connectivity index (χ2v) is 5.14. The Morgan fingerprint density at radius 2 is 2.00 bits per heavy atom. The number of nitrogens with one attached hydrogen (secondary N) is 1. The minimum atomic E-state index is 0.132. The maximum atomic E-state index is 9.85. The highest BCUT2D eigenvalue weighted by atomic mass is 16.5. The summed E-state index contributed by atoms with van der Waals surface area (Å²) in [5.41, 5.74) is 0.888. The highest BCUT2D eigenvalue weighted by Gasteiger charge is 2.10. The smallest absolute Gasteiger partial charge is 0.120 e. The molecule has 0 aliphatic carbocycles. The van der Waals surface area contributed by atoms with Crippen molar-refractivity contribution < 1.29 is 9.84 Å². The maximum Gasteiger partial charge on any atom is 0.120 e. The molecule has 3 heteroatoms. The standard InChI is InChI=1S/C15H25NO2/c1-11(2)6-5-9-16-12(3)14-10-13(18-4)7-8-15(14)17/h7-8,10-12,16-17H,5-6,9H2,1-4H3. The van der Waals surface area contributed by atoms with Gasteiger partial charge in [0.25, 0.3) is 0 Å². The molecule has 102 valence electrons. The van der Waals surface area contributed by atoms with Crippen molar-refractivity contribution in [3.8, 4) is 11.5 Å². The van der Waals surface area contributed by atoms with E-state index in [1.165, 1.54) is 6.42 Å². The van der Waals surface area contributed by atoms with Crippen LogP contribution in [0.1, 0.15) is 45.2 Å². The molecule has 0 amide bonds. The van der Waals surface area contributed by atoms with E-state index in [0.717, 1.165) is 30.2 Å². The van der Waals surface area contributed by atoms with E-state index < -0.39 is 0 Å². The molecule has 0 bridgehead atoms. The second-order valence-electron chi connectivity index (χ2n) is 5.14. The number of phenols is 1. The van der Waals surface area contributed by atoms with E-state index in [-0.39, 0.29) is 6.04 Å². The van der Waals surface area contributed by atoms with Crippen molar-refractivity contribution in [3.05, 3.63) is 23.8 Å². The average Bonchev–Trinajstić information content (AvgIpc) is 2.34. The predicted octanol–water partition coefficient (Wildman–Crippen LogP) is 3.49. The quantitative estimate of drug-likeness (QED) is 0.729. The van der Waals surface area contributed by atoms with Gasteiger partial charge in [-0.15, -0.1) is 0 Å². The summed E-state index contributed by atoms with van der Waals surface area (Å²) >= 11 is 0. The summed E-state index contributed by atoms with van der Waals surface area (Å²) in [6.07, 6.45) is 2.39. The topological polar surface area (TPSA) is 41.5 Å². The van der Waals surface area contributed by atoms with Crippen LogP contribution in [0.2, 0.25) is 0 Å². The molecular formula is C15H25NO2. The Balaban J connectivity index is 2.52. The average molecular weight is 251 g/mol. The SMILES string of the molecule is COc1ccc(O)c(C(C)NCCCC(C)C)c1. The molecule has 1 atom stereocenters. The van der Waals surface area contributed by atoms with Crippen LogP contribution in [0.3, 0.4) is 0 Å². The van der Waals surface area contributed by atoms with Gasteiger partial charge in [0.05, 0.1) is 7.11 Å². The first-order valence-corrected chi connectivity index (χ1v) is 6.65. The zero-order chi connectivity index (χ0) is 13.5. The van der Waals surface area contributed by atoms with Crippen LogP contribution in [0, 0.1) is 5.92 Å². The number of hydrogen-bond acceptors (Lipinski definition) is 3. The molecule has 0 fully saturated rings. The van der Waals surface area contributed by atoms with Crippen molar-refractivity contribution in [2.45, 2.75) is 39.7 Å². The van der Waals surface area contributed by atoms with Gasteiger partial charge in [0.15, 0.2) is 0 Å². The number of rotatable bonds is 7. The first-order valence-electron chi connectivity index (χ1n) is 6.65. The third-order valence-electron chi connectivity index (χ3n) is 3.11. The van der Waals surface area contributed by atoms with E-state index in [0.29, 0.717) is 5.75 Å². The summed E-state index contributed by atoms with van der Waals surface area (Å²) in [4.78, 5) is 0. The number of methoxy groups -OCH3 is 1. The summed E-state index contributed by atoms with van der Waals surface area (Å²) in [7, 11) is 1.64. The lowest BCUT2D eigenvalue weighted by Gasteiger charge is -2.17. The van der Waals surface area contributed by atoms with Crippen molar-refractivity contribution in [1.29, 1.82) is 0 Å². The Morgan fingerprint density at radius 3 is 2.61 bits per heavy atom. The third kappa shape index (κ3) is 4.57. The zero-order valence-electron chi connectivity index (χ0n) is 11.9. The van der Waals surface area contributed by atoms with E-state index in [1.54, 1.807) is 19.2 Å². The molecular weight excluding hydrogens is 226 g/mol. The number of ether oxygens (including phenoxy) is 1. The molecule has 18 heavy (non-hydrogen) atoms. The Hall–Kier alpha value is -1.22. The Morgan fingerprint density at radius 1 is 1.28 bits per heavy atom. The van der Waals surface area contributed by atoms with Gasteiger partial charge in [-0.1, -0.05) is 13.8 Å². The van der Waals surface area contributed by atoms with Gasteiger partial charge in [-0.2, -0.15) is 0 Å². The molecule has 0 heterocycles. The van der Waals surface area contributed by atoms with Crippen LogP contribution in [0.4, 0.5) is 0 Å². The van der Waals surface area contributed by atoms with Crippen molar-refractivity contribution in [3.63, 3.8) is 0 Å². The van der Waals surface area contributed by atoms with Gasteiger partial charge in [0, 0.05) is 11.6 Å². The Bertz CT molecular complexity index is 364. The fourth-order valence-corrected chi connectivity index (χ4v) is 1.95. The van der Waals surface area contributed by atoms with Crippen molar-refractivity contribution in [2.75, 3.05) is 13.7 Å². The molecule has 1 rings (SSSR count). The first kappa shape index (κ1) is 14.8. The molecule has 0 aliphatic heterocycles. The van der Waals surface area contributed by atoms with E-state index >= 15 is 0 Å². The van der Waals surface area contributed by atoms with Gasteiger partial charge in [0.1, 0.15) is 11.5 Å². The molecule has 2 N–H and O–H groups in total. The Kier molecular flexibility index (Phi) is 5.99. The first-order chi connectivity index (χ1) is 8.54. The van der Waals surface area contributed by atoms with Gasteiger partial charge < -0.3 is 15.2 Å². The number of aromatic hydroxyl groups is 1. The van der Waals surface area contributed by atoms with Gasteiger partial charge in [0.2, 0.25) is 0 Å². The maximum absolute atomic E-state index is 9.85. The van der Waals surface area contributed by atoms with Crippen LogP contribution >= 0.6 is 0 Å². The van der Waals surface area contributed by atoms with E-state index in [2.05, 4.69) is 26.1 Å². The molecule has 0 radical (unpaired) electrons. The lowest BCUT2D eigenvalue weighted by atomic mass is 10.1. The summed E-state index contributed by atoms with van der Waals surface area (Å²) in [5, 5.41) is 13.3. The van der Waals surface area contributed by atoms with Gasteiger partial charge in [-0.3, -0.25) is 0 Å². The third-order valence-corrected chi connectivity index (χ3v) is 3.11. The van der Waals surface area contributed by atoms with Crippen LogP contribution < -0.4 is 10.1 Å². The van der Waals surface area contributed by atoms with Crippen LogP contribution in [0.5, 0.6) is 11.5 Å². The van der Waals surface area contributed by atoms with Gasteiger partial charge in [-0.25, -0.2) is 0 Å². The summed E-state index contributed by atoms with van der Waals surface area (Å²) in [5.74, 6) is 1.84. The van der Waals surface area contributed by atoms with Crippen LogP contribution in [0.25, 0.3) is 0 Å². The Labute approximate surface area is 110 Å². The number of phenolic OH excluding ortho intramolecular Hbond substituents is 1. The fourth-order valence-electron chi connectivity index (χ4n) is 1.95. The van der Waals surface area contributed by atoms with E-state index in [1.807, 2.05) is 6.07 Å². The minimum absolute atomic E-state index is 0.132. The van der Waals surface area contributed by atoms with Crippen LogP contribution in [-0.4, -0.2) is 18.8 Å². The van der Waals surface area contributed by atoms with E-state index in [9.17, 15) is 5.11 Å². The molecule has 0 spiro atoms. The van der Waals surface area contributed by atoms with Crippen LogP contribution in [-0.2, 0) is 0 Å². The normalized spacial score (nSPS) is 12.7. The highest BCUT2D eigenvalue weighted by Crippen LogP contribution is 2.28. The minimum Gasteiger partial charge on any atom is -0.508 e. The molecule has 1 aromatic carbocycles. The molecule has 0 aromatic heterocycles. The van der Waals surface area contributed by atoms with Crippen molar-refractivity contribution in [2.24, 2.45) is 5.92 Å². The monoisotopic (exact) mass is 251 g/mol.